The van der Waals surface area contributed by atoms with Crippen LogP contribution in [0.4, 0.5) is 19.3 Å². The van der Waals surface area contributed by atoms with E-state index in [0.29, 0.717) is 77.6 Å². The minimum absolute atomic E-state index is 0.0699. The zero-order valence-electron chi connectivity index (χ0n) is 21.0. The summed E-state index contributed by atoms with van der Waals surface area (Å²) in [4.78, 5) is 35.4. The fourth-order valence-electron chi connectivity index (χ4n) is 5.32. The first kappa shape index (κ1) is 25.4. The summed E-state index contributed by atoms with van der Waals surface area (Å²) in [5.74, 6) is -3.25. The van der Waals surface area contributed by atoms with Gasteiger partial charge in [-0.2, -0.15) is 0 Å². The van der Waals surface area contributed by atoms with E-state index in [1.807, 2.05) is 11.8 Å². The number of pyridine rings is 1. The van der Waals surface area contributed by atoms with Crippen LogP contribution in [-0.2, 0) is 9.47 Å². The molecule has 0 radical (unpaired) electrons. The lowest BCUT2D eigenvalue weighted by molar-refractivity contribution is -0.169. The Kier molecular flexibility index (Phi) is 7.04. The van der Waals surface area contributed by atoms with Gasteiger partial charge < -0.3 is 34.2 Å². The molecule has 37 heavy (non-hydrogen) atoms. The average Bonchev–Trinajstić information content (AvgIpc) is 3.36. The van der Waals surface area contributed by atoms with Gasteiger partial charge in [0, 0.05) is 70.2 Å². The summed E-state index contributed by atoms with van der Waals surface area (Å²) in [5, 5.41) is 2.97. The number of halogens is 2. The summed E-state index contributed by atoms with van der Waals surface area (Å²) in [6.07, 6.45) is 2.46. The lowest BCUT2D eigenvalue weighted by atomic mass is 9.99. The van der Waals surface area contributed by atoms with Gasteiger partial charge in [-0.3, -0.25) is 9.78 Å². The summed E-state index contributed by atoms with van der Waals surface area (Å²) in [6.45, 7) is 5.81. The Morgan fingerprint density at radius 2 is 1.73 bits per heavy atom. The van der Waals surface area contributed by atoms with Gasteiger partial charge in [-0.1, -0.05) is 0 Å². The highest BCUT2D eigenvalue weighted by Crippen LogP contribution is 2.40. The van der Waals surface area contributed by atoms with E-state index in [4.69, 9.17) is 14.2 Å². The summed E-state index contributed by atoms with van der Waals surface area (Å²) in [7, 11) is 1.19. The predicted molar refractivity (Wildman–Crippen MR) is 131 cm³/mol. The Morgan fingerprint density at radius 1 is 1.08 bits per heavy atom. The van der Waals surface area contributed by atoms with Crippen molar-refractivity contribution < 1.29 is 32.6 Å². The Bertz CT molecular complexity index is 1190. The number of aromatic nitrogens is 1. The standard InChI is InChI=1S/C25H31F2N5O5/c1-3-28-24(34)32-10-8-31(9-11-32)23(33)17-15-29-20-16(14-18(26)22(35-2)19(20)27)21(17)30-6-4-25(5-7-30)36-12-13-37-25/h14-15H,3-13H2,1-2H3,(H,28,34). The smallest absolute Gasteiger partial charge is 0.317 e. The summed E-state index contributed by atoms with van der Waals surface area (Å²) in [5.41, 5.74) is 0.612. The normalized spacial score (nSPS) is 19.5. The second-order valence-electron chi connectivity index (χ2n) is 9.33. The van der Waals surface area contributed by atoms with E-state index in [1.165, 1.54) is 19.4 Å². The number of methoxy groups -OCH3 is 1. The highest BCUT2D eigenvalue weighted by molar-refractivity contribution is 6.08. The molecule has 0 atom stereocenters. The molecule has 0 aliphatic carbocycles. The molecule has 3 aliphatic heterocycles. The minimum Gasteiger partial charge on any atom is -0.491 e. The number of nitrogens with one attached hydrogen (secondary N) is 1. The summed E-state index contributed by atoms with van der Waals surface area (Å²) < 4.78 is 46.6. The van der Waals surface area contributed by atoms with Crippen LogP contribution in [0.5, 0.6) is 5.75 Å². The van der Waals surface area contributed by atoms with E-state index >= 15 is 4.39 Å². The first-order valence-corrected chi connectivity index (χ1v) is 12.6. The van der Waals surface area contributed by atoms with Gasteiger partial charge in [0.1, 0.15) is 5.52 Å². The second kappa shape index (κ2) is 10.3. The number of benzene rings is 1. The van der Waals surface area contributed by atoms with Crippen LogP contribution in [0.2, 0.25) is 0 Å². The third-order valence-corrected chi connectivity index (χ3v) is 7.26. The largest absolute Gasteiger partial charge is 0.491 e. The molecule has 3 aliphatic rings. The van der Waals surface area contributed by atoms with E-state index in [1.54, 1.807) is 9.80 Å². The van der Waals surface area contributed by atoms with Crippen molar-refractivity contribution >= 4 is 28.5 Å². The molecule has 4 heterocycles. The Labute approximate surface area is 213 Å². The number of carbonyl (C=O) groups excluding carboxylic acids is 2. The number of fused-ring (bicyclic) bond motifs is 1. The fraction of sp³-hybridized carbons (Fsp3) is 0.560. The SMILES string of the molecule is CCNC(=O)N1CCN(C(=O)c2cnc3c(F)c(OC)c(F)cc3c2N2CCC3(CC2)OCCO3)CC1. The number of amides is 3. The van der Waals surface area contributed by atoms with E-state index in [0.717, 1.165) is 0 Å². The lowest BCUT2D eigenvalue weighted by Crippen LogP contribution is -2.53. The molecule has 3 saturated heterocycles. The molecule has 0 saturated carbocycles. The maximum absolute atomic E-state index is 15.2. The van der Waals surface area contributed by atoms with Crippen molar-refractivity contribution in [3.8, 4) is 5.75 Å². The van der Waals surface area contributed by atoms with Gasteiger partial charge in [-0.25, -0.2) is 13.6 Å². The third-order valence-electron chi connectivity index (χ3n) is 7.26. The molecular formula is C25H31F2N5O5. The van der Waals surface area contributed by atoms with Crippen LogP contribution in [0, 0.1) is 11.6 Å². The van der Waals surface area contributed by atoms with Gasteiger partial charge in [0.2, 0.25) is 0 Å². The fourth-order valence-corrected chi connectivity index (χ4v) is 5.32. The zero-order chi connectivity index (χ0) is 26.2. The number of ether oxygens (including phenoxy) is 3. The third kappa shape index (κ3) is 4.63. The number of rotatable bonds is 4. The van der Waals surface area contributed by atoms with E-state index in [2.05, 4.69) is 10.3 Å². The van der Waals surface area contributed by atoms with Gasteiger partial charge >= 0.3 is 6.03 Å². The van der Waals surface area contributed by atoms with Crippen molar-refractivity contribution in [3.63, 3.8) is 0 Å². The number of carbonyl (C=O) groups is 2. The van der Waals surface area contributed by atoms with Gasteiger partial charge in [0.15, 0.2) is 23.2 Å². The lowest BCUT2D eigenvalue weighted by Gasteiger charge is -2.40. The number of anilines is 1. The number of urea groups is 1. The predicted octanol–water partition coefficient (Wildman–Crippen LogP) is 2.35. The second-order valence-corrected chi connectivity index (χ2v) is 9.33. The number of hydrogen-bond acceptors (Lipinski definition) is 7. The van der Waals surface area contributed by atoms with Crippen molar-refractivity contribution in [2.24, 2.45) is 0 Å². The van der Waals surface area contributed by atoms with Crippen LogP contribution in [-0.4, -0.2) is 98.6 Å². The molecule has 3 fully saturated rings. The average molecular weight is 520 g/mol. The summed E-state index contributed by atoms with van der Waals surface area (Å²) in [6, 6.07) is 1.01. The van der Waals surface area contributed by atoms with Crippen molar-refractivity contribution in [2.75, 3.05) is 71.0 Å². The molecule has 3 amide bonds. The molecule has 1 N–H and O–H groups in total. The van der Waals surface area contributed by atoms with Crippen molar-refractivity contribution in [1.29, 1.82) is 0 Å². The van der Waals surface area contributed by atoms with Crippen LogP contribution in [0.25, 0.3) is 10.9 Å². The quantitative estimate of drug-likeness (QED) is 0.663. The van der Waals surface area contributed by atoms with Crippen molar-refractivity contribution in [1.82, 2.24) is 20.1 Å². The molecule has 0 bridgehead atoms. The van der Waals surface area contributed by atoms with Crippen LogP contribution < -0.4 is 15.0 Å². The molecule has 10 nitrogen and oxygen atoms in total. The molecule has 12 heteroatoms. The number of hydrogen-bond donors (Lipinski definition) is 1. The monoisotopic (exact) mass is 519 g/mol. The molecule has 200 valence electrons. The number of piperazine rings is 1. The van der Waals surface area contributed by atoms with Gasteiger partial charge in [0.05, 0.1) is 31.6 Å². The van der Waals surface area contributed by atoms with Gasteiger partial charge in [-0.15, -0.1) is 0 Å². The Morgan fingerprint density at radius 3 is 2.35 bits per heavy atom. The van der Waals surface area contributed by atoms with Gasteiger partial charge in [-0.05, 0) is 13.0 Å². The first-order chi connectivity index (χ1) is 17.9. The van der Waals surface area contributed by atoms with E-state index in [9.17, 15) is 14.0 Å². The summed E-state index contributed by atoms with van der Waals surface area (Å²) >= 11 is 0. The minimum atomic E-state index is -0.913. The van der Waals surface area contributed by atoms with Crippen molar-refractivity contribution in [2.45, 2.75) is 25.6 Å². The molecule has 0 unspecified atom stereocenters. The van der Waals surface area contributed by atoms with E-state index in [-0.39, 0.29) is 28.4 Å². The van der Waals surface area contributed by atoms with Gasteiger partial charge in [0.25, 0.3) is 5.91 Å². The molecule has 1 spiro atoms. The zero-order valence-corrected chi connectivity index (χ0v) is 21.0. The topological polar surface area (TPSA) is 96.5 Å². The highest BCUT2D eigenvalue weighted by Gasteiger charge is 2.41. The first-order valence-electron chi connectivity index (χ1n) is 12.6. The van der Waals surface area contributed by atoms with Crippen molar-refractivity contribution in [3.05, 3.63) is 29.5 Å². The highest BCUT2D eigenvalue weighted by atomic mass is 19.1. The Hall–Kier alpha value is -3.25. The van der Waals surface area contributed by atoms with Crippen LogP contribution in [0.1, 0.15) is 30.1 Å². The van der Waals surface area contributed by atoms with E-state index < -0.39 is 23.2 Å². The number of nitrogens with zero attached hydrogens (tertiary/aromatic N) is 4. The molecule has 1 aromatic heterocycles. The molecular weight excluding hydrogens is 488 g/mol. The maximum atomic E-state index is 15.2. The van der Waals surface area contributed by atoms with Crippen LogP contribution in [0.15, 0.2) is 12.3 Å². The Balaban J connectivity index is 1.49. The van der Waals surface area contributed by atoms with Crippen LogP contribution >= 0.6 is 0 Å². The number of piperidine rings is 1. The molecule has 2 aromatic rings. The van der Waals surface area contributed by atoms with Crippen LogP contribution in [0.3, 0.4) is 0 Å². The molecule has 5 rings (SSSR count). The molecule has 1 aromatic carbocycles. The maximum Gasteiger partial charge on any atom is 0.317 e.